The molecule has 0 aliphatic rings. The Hall–Kier alpha value is -2.01. The number of nitrogens with zero attached hydrogens (tertiary/aromatic N) is 2. The van der Waals surface area contributed by atoms with Crippen LogP contribution in [0.1, 0.15) is 11.4 Å². The molecule has 3 N–H and O–H groups in total. The lowest BCUT2D eigenvalue weighted by Gasteiger charge is -2.13. The molecule has 102 valence electrons. The topological polar surface area (TPSA) is 73.3 Å². The van der Waals surface area contributed by atoms with E-state index in [0.29, 0.717) is 18.0 Å². The molecule has 1 aromatic carbocycles. The standard InChI is InChI=1S/C14H19N3O2/c1-10-6-11(2)17(16-10)8-13(18)9-19-14-5-3-4-12(15)7-14/h3-7,13,18H,8-9,15H2,1-2H3. The molecule has 0 spiro atoms. The van der Waals surface area contributed by atoms with Gasteiger partial charge in [0.2, 0.25) is 0 Å². The Morgan fingerprint density at radius 2 is 2.16 bits per heavy atom. The molecule has 0 amide bonds. The molecule has 0 radical (unpaired) electrons. The van der Waals surface area contributed by atoms with E-state index in [2.05, 4.69) is 5.10 Å². The number of nitrogen functional groups attached to an aromatic ring is 1. The highest BCUT2D eigenvalue weighted by Crippen LogP contribution is 2.14. The van der Waals surface area contributed by atoms with Gasteiger partial charge in [-0.2, -0.15) is 5.10 Å². The van der Waals surface area contributed by atoms with Crippen LogP contribution < -0.4 is 10.5 Å². The number of aliphatic hydroxyl groups is 1. The highest BCUT2D eigenvalue weighted by atomic mass is 16.5. The molecule has 0 saturated heterocycles. The molecule has 0 aliphatic carbocycles. The van der Waals surface area contributed by atoms with Gasteiger partial charge in [0, 0.05) is 17.4 Å². The maximum Gasteiger partial charge on any atom is 0.121 e. The van der Waals surface area contributed by atoms with Crippen molar-refractivity contribution in [3.8, 4) is 5.75 Å². The number of aryl methyl sites for hydroxylation is 2. The number of hydrogen-bond acceptors (Lipinski definition) is 4. The van der Waals surface area contributed by atoms with Gasteiger partial charge in [0.1, 0.15) is 18.5 Å². The quantitative estimate of drug-likeness (QED) is 0.800. The first-order valence-electron chi connectivity index (χ1n) is 6.22. The number of rotatable bonds is 5. The molecule has 2 rings (SSSR count). The van der Waals surface area contributed by atoms with Gasteiger partial charge >= 0.3 is 0 Å². The Morgan fingerprint density at radius 1 is 1.37 bits per heavy atom. The van der Waals surface area contributed by atoms with Crippen molar-refractivity contribution >= 4 is 5.69 Å². The first kappa shape index (κ1) is 13.4. The van der Waals surface area contributed by atoms with E-state index < -0.39 is 6.10 Å². The minimum atomic E-state index is -0.612. The van der Waals surface area contributed by atoms with E-state index in [-0.39, 0.29) is 6.61 Å². The fourth-order valence-electron chi connectivity index (χ4n) is 1.91. The molecular formula is C14H19N3O2. The number of hydrogen-bond donors (Lipinski definition) is 2. The van der Waals surface area contributed by atoms with E-state index in [4.69, 9.17) is 10.5 Å². The number of nitrogens with two attached hydrogens (primary N) is 1. The van der Waals surface area contributed by atoms with Crippen LogP contribution in [0.2, 0.25) is 0 Å². The van der Waals surface area contributed by atoms with Crippen molar-refractivity contribution in [1.82, 2.24) is 9.78 Å². The van der Waals surface area contributed by atoms with E-state index in [9.17, 15) is 5.11 Å². The van der Waals surface area contributed by atoms with Gasteiger partial charge in [-0.25, -0.2) is 0 Å². The smallest absolute Gasteiger partial charge is 0.121 e. The lowest BCUT2D eigenvalue weighted by Crippen LogP contribution is -2.24. The number of aliphatic hydroxyl groups excluding tert-OH is 1. The van der Waals surface area contributed by atoms with Crippen molar-refractivity contribution in [2.45, 2.75) is 26.5 Å². The number of benzene rings is 1. The highest BCUT2D eigenvalue weighted by molar-refractivity contribution is 5.43. The molecule has 5 nitrogen and oxygen atoms in total. The zero-order chi connectivity index (χ0) is 13.8. The number of anilines is 1. The van der Waals surface area contributed by atoms with Gasteiger partial charge in [0.05, 0.1) is 12.2 Å². The predicted molar refractivity (Wildman–Crippen MR) is 74.1 cm³/mol. The van der Waals surface area contributed by atoms with Crippen LogP contribution in [0.3, 0.4) is 0 Å². The monoisotopic (exact) mass is 261 g/mol. The molecular weight excluding hydrogens is 242 g/mol. The Morgan fingerprint density at radius 3 is 2.79 bits per heavy atom. The van der Waals surface area contributed by atoms with Crippen molar-refractivity contribution in [3.05, 3.63) is 41.7 Å². The van der Waals surface area contributed by atoms with Crippen molar-refractivity contribution in [3.63, 3.8) is 0 Å². The summed E-state index contributed by atoms with van der Waals surface area (Å²) in [6, 6.07) is 9.13. The third-order valence-electron chi connectivity index (χ3n) is 2.79. The summed E-state index contributed by atoms with van der Waals surface area (Å²) in [5, 5.41) is 14.3. The largest absolute Gasteiger partial charge is 0.491 e. The van der Waals surface area contributed by atoms with Gasteiger partial charge < -0.3 is 15.6 Å². The minimum absolute atomic E-state index is 0.210. The maximum absolute atomic E-state index is 9.95. The van der Waals surface area contributed by atoms with Crippen molar-refractivity contribution in [2.24, 2.45) is 0 Å². The SMILES string of the molecule is Cc1cc(C)n(CC(O)COc2cccc(N)c2)n1. The van der Waals surface area contributed by atoms with Crippen LogP contribution >= 0.6 is 0 Å². The Balaban J connectivity index is 1.88. The van der Waals surface area contributed by atoms with Gasteiger partial charge in [-0.05, 0) is 32.0 Å². The summed E-state index contributed by atoms with van der Waals surface area (Å²) in [6.07, 6.45) is -0.612. The molecule has 5 heteroatoms. The zero-order valence-electron chi connectivity index (χ0n) is 11.2. The molecule has 1 aromatic heterocycles. The molecule has 0 bridgehead atoms. The first-order chi connectivity index (χ1) is 9.04. The minimum Gasteiger partial charge on any atom is -0.491 e. The molecule has 0 aliphatic heterocycles. The second-order valence-corrected chi connectivity index (χ2v) is 4.65. The summed E-state index contributed by atoms with van der Waals surface area (Å²) in [7, 11) is 0. The predicted octanol–water partition coefficient (Wildman–Crippen LogP) is 1.52. The van der Waals surface area contributed by atoms with Gasteiger partial charge in [0.25, 0.3) is 0 Å². The van der Waals surface area contributed by atoms with Crippen LogP contribution in [-0.4, -0.2) is 27.6 Å². The van der Waals surface area contributed by atoms with Crippen LogP contribution in [0.5, 0.6) is 5.75 Å². The highest BCUT2D eigenvalue weighted by Gasteiger charge is 2.09. The molecule has 1 unspecified atom stereocenters. The van der Waals surface area contributed by atoms with Gasteiger partial charge in [0.15, 0.2) is 0 Å². The molecule has 0 saturated carbocycles. The van der Waals surface area contributed by atoms with Crippen LogP contribution in [-0.2, 0) is 6.54 Å². The fraction of sp³-hybridized carbons (Fsp3) is 0.357. The van der Waals surface area contributed by atoms with E-state index in [1.807, 2.05) is 32.0 Å². The molecule has 1 heterocycles. The summed E-state index contributed by atoms with van der Waals surface area (Å²) in [4.78, 5) is 0. The van der Waals surface area contributed by atoms with Crippen molar-refractivity contribution in [1.29, 1.82) is 0 Å². The summed E-state index contributed by atoms with van der Waals surface area (Å²) in [5.74, 6) is 0.660. The van der Waals surface area contributed by atoms with Crippen LogP contribution in [0.4, 0.5) is 5.69 Å². The van der Waals surface area contributed by atoms with Crippen LogP contribution in [0.25, 0.3) is 0 Å². The zero-order valence-corrected chi connectivity index (χ0v) is 11.2. The van der Waals surface area contributed by atoms with E-state index in [1.54, 1.807) is 16.8 Å². The lowest BCUT2D eigenvalue weighted by molar-refractivity contribution is 0.0887. The molecule has 1 atom stereocenters. The summed E-state index contributed by atoms with van der Waals surface area (Å²) in [6.45, 7) is 4.52. The molecule has 0 fully saturated rings. The van der Waals surface area contributed by atoms with E-state index in [1.165, 1.54) is 0 Å². The van der Waals surface area contributed by atoms with Crippen LogP contribution in [0, 0.1) is 13.8 Å². The summed E-state index contributed by atoms with van der Waals surface area (Å²) >= 11 is 0. The summed E-state index contributed by atoms with van der Waals surface area (Å²) in [5.41, 5.74) is 8.27. The summed E-state index contributed by atoms with van der Waals surface area (Å²) < 4.78 is 7.28. The lowest BCUT2D eigenvalue weighted by atomic mass is 10.3. The first-order valence-corrected chi connectivity index (χ1v) is 6.22. The van der Waals surface area contributed by atoms with Crippen LogP contribution in [0.15, 0.2) is 30.3 Å². The van der Waals surface area contributed by atoms with Crippen molar-refractivity contribution in [2.75, 3.05) is 12.3 Å². The van der Waals surface area contributed by atoms with E-state index >= 15 is 0 Å². The maximum atomic E-state index is 9.95. The van der Waals surface area contributed by atoms with E-state index in [0.717, 1.165) is 11.4 Å². The average molecular weight is 261 g/mol. The normalized spacial score (nSPS) is 12.4. The molecule has 2 aromatic rings. The Bertz CT molecular complexity index is 551. The molecule has 19 heavy (non-hydrogen) atoms. The second-order valence-electron chi connectivity index (χ2n) is 4.65. The Kier molecular flexibility index (Phi) is 4.06. The van der Waals surface area contributed by atoms with Gasteiger partial charge in [-0.3, -0.25) is 4.68 Å². The number of ether oxygens (including phenoxy) is 1. The second kappa shape index (κ2) is 5.75. The average Bonchev–Trinajstić information content (AvgIpc) is 2.65. The van der Waals surface area contributed by atoms with Crippen molar-refractivity contribution < 1.29 is 9.84 Å². The van der Waals surface area contributed by atoms with Gasteiger partial charge in [-0.15, -0.1) is 0 Å². The third-order valence-corrected chi connectivity index (χ3v) is 2.79. The fourth-order valence-corrected chi connectivity index (χ4v) is 1.91. The Labute approximate surface area is 112 Å². The third kappa shape index (κ3) is 3.72. The number of aromatic nitrogens is 2. The van der Waals surface area contributed by atoms with Gasteiger partial charge in [-0.1, -0.05) is 6.07 Å².